The molecule has 2 aromatic rings. The molecule has 90 valence electrons. The predicted molar refractivity (Wildman–Crippen MR) is 67.4 cm³/mol. The number of ketones is 1. The van der Waals surface area contributed by atoms with Crippen LogP contribution in [0.2, 0.25) is 5.02 Å². The second-order valence-corrected chi connectivity index (χ2v) is 4.24. The molecule has 4 nitrogen and oxygen atoms in total. The van der Waals surface area contributed by atoms with Crippen molar-refractivity contribution >= 4 is 17.4 Å². The summed E-state index contributed by atoms with van der Waals surface area (Å²) in [6.45, 7) is 0. The van der Waals surface area contributed by atoms with Crippen LogP contribution in [0.3, 0.4) is 0 Å². The summed E-state index contributed by atoms with van der Waals surface area (Å²) >= 11 is 5.77. The second-order valence-electron chi connectivity index (χ2n) is 3.80. The number of hydrogen-bond donors (Lipinski definition) is 0. The van der Waals surface area contributed by atoms with E-state index in [-0.39, 0.29) is 12.2 Å². The van der Waals surface area contributed by atoms with Crippen LogP contribution in [0.4, 0.5) is 0 Å². The van der Waals surface area contributed by atoms with E-state index in [9.17, 15) is 4.79 Å². The van der Waals surface area contributed by atoms with Gasteiger partial charge in [-0.1, -0.05) is 11.6 Å². The zero-order valence-corrected chi connectivity index (χ0v) is 10.5. The number of carbonyl (C=O) groups is 1. The first-order chi connectivity index (χ1) is 8.63. The first-order valence-corrected chi connectivity index (χ1v) is 5.69. The Hall–Kier alpha value is -2.12. The van der Waals surface area contributed by atoms with Crippen molar-refractivity contribution in [2.75, 3.05) is 0 Å². The van der Waals surface area contributed by atoms with Gasteiger partial charge < -0.3 is 4.57 Å². The standard InChI is InChI=1S/C13H10ClN3O/c1-17-11(6-7-15)8-16-13(17)12(18)9-2-4-10(14)5-3-9/h2-5,8H,6H2,1H3. The first-order valence-electron chi connectivity index (χ1n) is 5.31. The second kappa shape index (κ2) is 5.03. The molecule has 0 saturated heterocycles. The minimum absolute atomic E-state index is 0.182. The number of hydrogen-bond acceptors (Lipinski definition) is 3. The highest BCUT2D eigenvalue weighted by molar-refractivity contribution is 6.30. The lowest BCUT2D eigenvalue weighted by Crippen LogP contribution is -2.10. The molecule has 0 aliphatic heterocycles. The molecule has 0 spiro atoms. The third kappa shape index (κ3) is 2.27. The van der Waals surface area contributed by atoms with E-state index in [1.54, 1.807) is 42.1 Å². The number of imidazole rings is 1. The molecule has 0 N–H and O–H groups in total. The zero-order valence-electron chi connectivity index (χ0n) is 9.72. The molecule has 1 heterocycles. The summed E-state index contributed by atoms with van der Waals surface area (Å²) in [4.78, 5) is 16.2. The highest BCUT2D eigenvalue weighted by Gasteiger charge is 2.16. The van der Waals surface area contributed by atoms with Gasteiger partial charge in [-0.2, -0.15) is 5.26 Å². The number of halogens is 1. The lowest BCUT2D eigenvalue weighted by molar-refractivity contribution is 0.102. The minimum Gasteiger partial charge on any atom is -0.327 e. The SMILES string of the molecule is Cn1c(CC#N)cnc1C(=O)c1ccc(Cl)cc1. The van der Waals surface area contributed by atoms with Crippen molar-refractivity contribution in [1.82, 2.24) is 9.55 Å². The molecule has 2 rings (SSSR count). The van der Waals surface area contributed by atoms with Crippen LogP contribution in [0, 0.1) is 11.3 Å². The molecule has 0 aliphatic carbocycles. The fraction of sp³-hybridized carbons (Fsp3) is 0.154. The Balaban J connectivity index is 2.35. The van der Waals surface area contributed by atoms with Gasteiger partial charge in [0.15, 0.2) is 5.82 Å². The smallest absolute Gasteiger partial charge is 0.228 e. The van der Waals surface area contributed by atoms with E-state index in [1.807, 2.05) is 6.07 Å². The molecule has 0 saturated carbocycles. The fourth-order valence-electron chi connectivity index (χ4n) is 1.63. The molecule has 0 atom stereocenters. The normalized spacial score (nSPS) is 10.1. The fourth-order valence-corrected chi connectivity index (χ4v) is 1.76. The van der Waals surface area contributed by atoms with Gasteiger partial charge in [0, 0.05) is 17.6 Å². The summed E-state index contributed by atoms with van der Waals surface area (Å²) in [7, 11) is 1.73. The van der Waals surface area contributed by atoms with Crippen LogP contribution >= 0.6 is 11.6 Å². The van der Waals surface area contributed by atoms with Crippen molar-refractivity contribution < 1.29 is 4.79 Å². The predicted octanol–water partition coefficient (Wildman–Crippen LogP) is 2.37. The van der Waals surface area contributed by atoms with Crippen LogP contribution in [0.5, 0.6) is 0 Å². The van der Waals surface area contributed by atoms with E-state index < -0.39 is 0 Å². The molecular weight excluding hydrogens is 250 g/mol. The van der Waals surface area contributed by atoms with E-state index in [0.29, 0.717) is 16.4 Å². The van der Waals surface area contributed by atoms with E-state index in [4.69, 9.17) is 16.9 Å². The number of nitriles is 1. The van der Waals surface area contributed by atoms with Gasteiger partial charge in [-0.25, -0.2) is 4.98 Å². The average Bonchev–Trinajstić information content (AvgIpc) is 2.72. The Labute approximate surface area is 109 Å². The quantitative estimate of drug-likeness (QED) is 0.795. The third-order valence-electron chi connectivity index (χ3n) is 2.65. The molecule has 1 aromatic carbocycles. The van der Waals surface area contributed by atoms with Gasteiger partial charge >= 0.3 is 0 Å². The van der Waals surface area contributed by atoms with Crippen LogP contribution in [0.25, 0.3) is 0 Å². The van der Waals surface area contributed by atoms with Crippen molar-refractivity contribution in [2.45, 2.75) is 6.42 Å². The third-order valence-corrected chi connectivity index (χ3v) is 2.91. The van der Waals surface area contributed by atoms with Crippen molar-refractivity contribution in [1.29, 1.82) is 5.26 Å². The van der Waals surface area contributed by atoms with Gasteiger partial charge in [0.25, 0.3) is 0 Å². The van der Waals surface area contributed by atoms with Gasteiger partial charge in [-0.05, 0) is 24.3 Å². The van der Waals surface area contributed by atoms with Gasteiger partial charge in [0.1, 0.15) is 0 Å². The Morgan fingerprint density at radius 2 is 2.11 bits per heavy atom. The maximum Gasteiger partial charge on any atom is 0.228 e. The highest BCUT2D eigenvalue weighted by Crippen LogP contribution is 2.14. The molecular formula is C13H10ClN3O. The van der Waals surface area contributed by atoms with Gasteiger partial charge in [0.05, 0.1) is 24.4 Å². The van der Waals surface area contributed by atoms with Crippen LogP contribution < -0.4 is 0 Å². The average molecular weight is 260 g/mol. The highest BCUT2D eigenvalue weighted by atomic mass is 35.5. The van der Waals surface area contributed by atoms with Crippen LogP contribution in [-0.2, 0) is 13.5 Å². The summed E-state index contributed by atoms with van der Waals surface area (Å²) < 4.78 is 1.64. The van der Waals surface area contributed by atoms with Gasteiger partial charge in [0.2, 0.25) is 5.78 Å². The van der Waals surface area contributed by atoms with Crippen molar-refractivity contribution in [3.8, 4) is 6.07 Å². The number of rotatable bonds is 3. The largest absolute Gasteiger partial charge is 0.327 e. The molecule has 0 unspecified atom stereocenters. The lowest BCUT2D eigenvalue weighted by atomic mass is 10.1. The van der Waals surface area contributed by atoms with Crippen LogP contribution in [0.15, 0.2) is 30.5 Å². The summed E-state index contributed by atoms with van der Waals surface area (Å²) in [5.74, 6) is 0.140. The zero-order chi connectivity index (χ0) is 13.1. The first kappa shape index (κ1) is 12.3. The van der Waals surface area contributed by atoms with E-state index in [2.05, 4.69) is 4.98 Å². The summed E-state index contributed by atoms with van der Waals surface area (Å²) in [5, 5.41) is 9.23. The topological polar surface area (TPSA) is 58.7 Å². The minimum atomic E-state index is -0.182. The summed E-state index contributed by atoms with van der Waals surface area (Å²) in [5.41, 5.74) is 1.24. The Morgan fingerprint density at radius 3 is 2.72 bits per heavy atom. The molecule has 0 radical (unpaired) electrons. The Morgan fingerprint density at radius 1 is 1.44 bits per heavy atom. The molecule has 0 amide bonds. The van der Waals surface area contributed by atoms with Crippen molar-refractivity contribution in [3.63, 3.8) is 0 Å². The molecule has 5 heteroatoms. The van der Waals surface area contributed by atoms with E-state index in [0.717, 1.165) is 5.69 Å². The van der Waals surface area contributed by atoms with Crippen molar-refractivity contribution in [3.05, 3.63) is 52.6 Å². The molecule has 0 aliphatic rings. The van der Waals surface area contributed by atoms with Gasteiger partial charge in [-0.3, -0.25) is 4.79 Å². The number of aromatic nitrogens is 2. The van der Waals surface area contributed by atoms with E-state index in [1.165, 1.54) is 0 Å². The number of benzene rings is 1. The molecule has 0 fully saturated rings. The number of nitrogens with zero attached hydrogens (tertiary/aromatic N) is 3. The maximum absolute atomic E-state index is 12.2. The summed E-state index contributed by atoms with van der Waals surface area (Å²) in [6.07, 6.45) is 1.78. The molecule has 18 heavy (non-hydrogen) atoms. The van der Waals surface area contributed by atoms with Gasteiger partial charge in [-0.15, -0.1) is 0 Å². The number of carbonyl (C=O) groups excluding carboxylic acids is 1. The Bertz CT molecular complexity index is 623. The molecule has 0 bridgehead atoms. The van der Waals surface area contributed by atoms with Crippen molar-refractivity contribution in [2.24, 2.45) is 7.05 Å². The van der Waals surface area contributed by atoms with E-state index >= 15 is 0 Å². The Kier molecular flexibility index (Phi) is 3.45. The van der Waals surface area contributed by atoms with Crippen LogP contribution in [0.1, 0.15) is 21.9 Å². The lowest BCUT2D eigenvalue weighted by Gasteiger charge is -2.03. The van der Waals surface area contributed by atoms with Crippen LogP contribution in [-0.4, -0.2) is 15.3 Å². The summed E-state index contributed by atoms with van der Waals surface area (Å²) in [6, 6.07) is 8.67. The maximum atomic E-state index is 12.2. The molecule has 1 aromatic heterocycles. The monoisotopic (exact) mass is 259 g/mol.